The van der Waals surface area contributed by atoms with Gasteiger partial charge in [-0.1, -0.05) is 411 Å². The highest BCUT2D eigenvalue weighted by atomic mass is 16.5. The van der Waals surface area contributed by atoms with Crippen molar-refractivity contribution in [3.05, 3.63) is 12.2 Å². The van der Waals surface area contributed by atoms with Gasteiger partial charge in [0.15, 0.2) is 0 Å². The molecule has 0 radical (unpaired) electrons. The third kappa shape index (κ3) is 70.0. The molecule has 0 aromatic carbocycles. The number of allylic oxidation sites excluding steroid dienone is 2. The molecule has 3 unspecified atom stereocenters. The van der Waals surface area contributed by atoms with Crippen LogP contribution in [0.1, 0.15) is 470 Å². The van der Waals surface area contributed by atoms with Gasteiger partial charge in [0.05, 0.1) is 18.1 Å². The number of carboxylic acid groups (broad SMARTS) is 1. The van der Waals surface area contributed by atoms with Crippen molar-refractivity contribution in [2.24, 2.45) is 5.92 Å². The molecule has 506 valence electrons. The number of carbonyl (C=O) groups is 2. The van der Waals surface area contributed by atoms with Gasteiger partial charge in [0.25, 0.3) is 0 Å². The Balaban J connectivity index is 3.40. The molecule has 0 fully saturated rings. The van der Waals surface area contributed by atoms with Gasteiger partial charge in [0.1, 0.15) is 0 Å². The van der Waals surface area contributed by atoms with E-state index < -0.39 is 18.0 Å². The first kappa shape index (κ1) is 83.6. The molecule has 0 aromatic heterocycles. The fourth-order valence-electron chi connectivity index (χ4n) is 13.2. The summed E-state index contributed by atoms with van der Waals surface area (Å²) < 4.78 is 5.72. The Hall–Kier alpha value is -1.36. The molecule has 0 aliphatic carbocycles. The lowest BCUT2D eigenvalue weighted by Gasteiger charge is -2.19. The summed E-state index contributed by atoms with van der Waals surface area (Å²) in [4.78, 5) is 24.3. The first-order valence-corrected chi connectivity index (χ1v) is 39.7. The molecule has 0 bridgehead atoms. The number of rotatable bonds is 75. The van der Waals surface area contributed by atoms with Gasteiger partial charge >= 0.3 is 11.9 Å². The van der Waals surface area contributed by atoms with Gasteiger partial charge < -0.3 is 14.9 Å². The van der Waals surface area contributed by atoms with E-state index >= 15 is 0 Å². The van der Waals surface area contributed by atoms with Crippen LogP contribution in [0.2, 0.25) is 0 Å². The largest absolute Gasteiger partial charge is 0.481 e. The second kappa shape index (κ2) is 73.4. The lowest BCUT2D eigenvalue weighted by molar-refractivity contribution is -0.149. The second-order valence-corrected chi connectivity index (χ2v) is 27.9. The first-order chi connectivity index (χ1) is 41.9. The van der Waals surface area contributed by atoms with E-state index in [0.29, 0.717) is 19.3 Å². The van der Waals surface area contributed by atoms with Crippen molar-refractivity contribution in [2.45, 2.75) is 482 Å². The molecule has 0 spiro atoms. The van der Waals surface area contributed by atoms with E-state index in [1.54, 1.807) is 0 Å². The molecule has 0 saturated carbocycles. The predicted molar refractivity (Wildman–Crippen MR) is 376 cm³/mol. The maximum atomic E-state index is 12.3. The highest BCUT2D eigenvalue weighted by Gasteiger charge is 2.25. The number of aliphatic hydroxyl groups is 1. The lowest BCUT2D eigenvalue weighted by atomic mass is 9.91. The van der Waals surface area contributed by atoms with Crippen LogP contribution in [-0.2, 0) is 14.3 Å². The van der Waals surface area contributed by atoms with Gasteiger partial charge in [0.2, 0.25) is 0 Å². The molecule has 3 atom stereocenters. The zero-order valence-electron chi connectivity index (χ0n) is 58.5. The van der Waals surface area contributed by atoms with E-state index in [0.717, 1.165) is 44.9 Å². The summed E-state index contributed by atoms with van der Waals surface area (Å²) in [5.41, 5.74) is 0. The number of aliphatic carboxylic acids is 1. The van der Waals surface area contributed by atoms with Gasteiger partial charge in [-0.2, -0.15) is 0 Å². The van der Waals surface area contributed by atoms with Crippen molar-refractivity contribution in [3.8, 4) is 0 Å². The van der Waals surface area contributed by atoms with Crippen LogP contribution < -0.4 is 0 Å². The Morgan fingerprint density at radius 3 is 0.765 bits per heavy atom. The molecule has 0 aliphatic heterocycles. The number of unbranched alkanes of at least 4 members (excludes halogenated alkanes) is 62. The average Bonchev–Trinajstić information content (AvgIpc) is 3.50. The van der Waals surface area contributed by atoms with Crippen molar-refractivity contribution in [3.63, 3.8) is 0 Å². The highest BCUT2D eigenvalue weighted by Crippen LogP contribution is 2.23. The van der Waals surface area contributed by atoms with Crippen LogP contribution in [0.15, 0.2) is 12.2 Å². The predicted octanol–water partition coefficient (Wildman–Crippen LogP) is 27.9. The van der Waals surface area contributed by atoms with Crippen molar-refractivity contribution < 1.29 is 24.5 Å². The minimum Gasteiger partial charge on any atom is -0.481 e. The van der Waals surface area contributed by atoms with E-state index in [2.05, 4.69) is 32.9 Å². The number of ether oxygens (including phenoxy) is 1. The van der Waals surface area contributed by atoms with E-state index in [4.69, 9.17) is 4.74 Å². The number of hydrogen-bond donors (Lipinski definition) is 2. The molecule has 0 aliphatic rings. The van der Waals surface area contributed by atoms with Gasteiger partial charge in [0, 0.05) is 6.42 Å². The molecule has 0 saturated heterocycles. The summed E-state index contributed by atoms with van der Waals surface area (Å²) >= 11 is 0. The van der Waals surface area contributed by atoms with Crippen molar-refractivity contribution in [2.75, 3.05) is 0 Å². The maximum Gasteiger partial charge on any atom is 0.309 e. The standard InChI is InChI=1S/C80H156O5/c1-4-6-8-10-12-14-16-18-20-22-23-24-32-35-38-41-45-49-53-57-61-65-69-73-77(80(83)84)78(81)74-70-66-62-58-54-50-46-42-39-36-33-30-28-26-25-27-29-31-34-37-40-43-47-51-55-59-63-67-71-75-79(82)85-76(3)72-68-64-60-56-52-48-44-21-19-17-15-13-11-9-7-5-2/h29,31,76-78,81H,4-28,30,32-75H2,1-3H3,(H,83,84). The number of carboxylic acids is 1. The molecule has 0 heterocycles. The molecule has 0 amide bonds. The smallest absolute Gasteiger partial charge is 0.309 e. The Morgan fingerprint density at radius 1 is 0.294 bits per heavy atom. The van der Waals surface area contributed by atoms with Gasteiger partial charge in [-0.05, 0) is 64.7 Å². The SMILES string of the molecule is CCCCCCCCCCCCCCCCCCCCCCCCCC(C(=O)O)C(O)CCCCCCCCCCCCCCCCCC=CCCCCCCCCCCCCC(=O)OC(C)CCCCCCCCCCCCCCCCCC. The molecule has 5 heteroatoms. The van der Waals surface area contributed by atoms with Crippen LogP contribution in [0.4, 0.5) is 0 Å². The van der Waals surface area contributed by atoms with Crippen LogP contribution >= 0.6 is 0 Å². The van der Waals surface area contributed by atoms with Crippen molar-refractivity contribution in [1.82, 2.24) is 0 Å². The lowest BCUT2D eigenvalue weighted by Crippen LogP contribution is -2.28. The zero-order chi connectivity index (χ0) is 61.5. The summed E-state index contributed by atoms with van der Waals surface area (Å²) in [6.45, 7) is 6.68. The average molecular weight is 1200 g/mol. The Labute approximate surface area is 534 Å². The second-order valence-electron chi connectivity index (χ2n) is 27.9. The van der Waals surface area contributed by atoms with Crippen LogP contribution in [0, 0.1) is 5.92 Å². The van der Waals surface area contributed by atoms with E-state index in [1.807, 2.05) is 0 Å². The molecule has 2 N–H and O–H groups in total. The van der Waals surface area contributed by atoms with Crippen molar-refractivity contribution >= 4 is 11.9 Å². The van der Waals surface area contributed by atoms with Crippen LogP contribution in [0.25, 0.3) is 0 Å². The molecule has 85 heavy (non-hydrogen) atoms. The summed E-state index contributed by atoms with van der Waals surface area (Å²) in [6.07, 6.45) is 96.0. The summed E-state index contributed by atoms with van der Waals surface area (Å²) in [5, 5.41) is 20.5. The molecule has 0 aromatic rings. The van der Waals surface area contributed by atoms with E-state index in [1.165, 1.54) is 385 Å². The van der Waals surface area contributed by atoms with Crippen LogP contribution in [-0.4, -0.2) is 34.4 Å². The molecule has 0 rings (SSSR count). The summed E-state index contributed by atoms with van der Waals surface area (Å²) in [5.74, 6) is -1.38. The number of hydrogen-bond acceptors (Lipinski definition) is 4. The molecular formula is C80H156O5. The topological polar surface area (TPSA) is 83.8 Å². The van der Waals surface area contributed by atoms with Gasteiger partial charge in [-0.25, -0.2) is 0 Å². The van der Waals surface area contributed by atoms with Crippen LogP contribution in [0.5, 0.6) is 0 Å². The van der Waals surface area contributed by atoms with Gasteiger partial charge in [-0.3, -0.25) is 9.59 Å². The Morgan fingerprint density at radius 2 is 0.506 bits per heavy atom. The third-order valence-electron chi connectivity index (χ3n) is 19.2. The van der Waals surface area contributed by atoms with Crippen molar-refractivity contribution in [1.29, 1.82) is 0 Å². The Bertz CT molecular complexity index is 1300. The molecular weight excluding hydrogens is 1040 g/mol. The third-order valence-corrected chi connectivity index (χ3v) is 19.2. The number of carbonyl (C=O) groups excluding carboxylic acids is 1. The first-order valence-electron chi connectivity index (χ1n) is 39.7. The number of esters is 1. The quantitative estimate of drug-likeness (QED) is 0.0360. The summed E-state index contributed by atoms with van der Waals surface area (Å²) in [7, 11) is 0. The summed E-state index contributed by atoms with van der Waals surface area (Å²) in [6, 6.07) is 0. The highest BCUT2D eigenvalue weighted by molar-refractivity contribution is 5.70. The zero-order valence-corrected chi connectivity index (χ0v) is 58.5. The fraction of sp³-hybridized carbons (Fsp3) is 0.950. The maximum absolute atomic E-state index is 12.3. The van der Waals surface area contributed by atoms with E-state index in [9.17, 15) is 19.8 Å². The van der Waals surface area contributed by atoms with E-state index in [-0.39, 0.29) is 12.1 Å². The van der Waals surface area contributed by atoms with Gasteiger partial charge in [-0.15, -0.1) is 0 Å². The normalized spacial score (nSPS) is 12.9. The Kier molecular flexibility index (Phi) is 72.2. The molecule has 5 nitrogen and oxygen atoms in total. The minimum atomic E-state index is -0.805. The van der Waals surface area contributed by atoms with Crippen LogP contribution in [0.3, 0.4) is 0 Å². The minimum absolute atomic E-state index is 0.0185. The number of aliphatic hydroxyl groups excluding tert-OH is 1. The monoisotopic (exact) mass is 1200 g/mol. The fourth-order valence-corrected chi connectivity index (χ4v) is 13.2.